The number of ether oxygens (including phenoxy) is 1. The van der Waals surface area contributed by atoms with Crippen LogP contribution in [0.25, 0.3) is 0 Å². The number of amides is 3. The summed E-state index contributed by atoms with van der Waals surface area (Å²) in [5, 5.41) is 15.7. The lowest BCUT2D eigenvalue weighted by molar-refractivity contribution is -0.146. The molecule has 0 saturated carbocycles. The number of carbonyl (C=O) groups excluding carboxylic acids is 3. The summed E-state index contributed by atoms with van der Waals surface area (Å²) in [6, 6.07) is 4.00. The summed E-state index contributed by atoms with van der Waals surface area (Å²) in [4.78, 5) is 41.2. The third-order valence-corrected chi connectivity index (χ3v) is 4.63. The first-order valence-electron chi connectivity index (χ1n) is 11.4. The lowest BCUT2D eigenvalue weighted by Gasteiger charge is -2.39. The molecule has 0 aromatic heterocycles. The van der Waals surface area contributed by atoms with Gasteiger partial charge in [-0.25, -0.2) is 4.79 Å². The Kier molecular flexibility index (Phi) is 9.33. The molecule has 1 aromatic rings. The summed E-state index contributed by atoms with van der Waals surface area (Å²) < 4.78 is 5.35. The Hall–Kier alpha value is -2.77. The van der Waals surface area contributed by atoms with E-state index in [1.165, 1.54) is 17.0 Å². The van der Waals surface area contributed by atoms with Crippen molar-refractivity contribution >= 4 is 17.9 Å². The van der Waals surface area contributed by atoms with E-state index in [0.29, 0.717) is 5.56 Å². The Labute approximate surface area is 198 Å². The van der Waals surface area contributed by atoms with Crippen LogP contribution in [-0.2, 0) is 14.3 Å². The SMILES string of the molecule is CC(C)C(NC(=O)OC(C)(C)C)C(=O)N(C(C)C)C(C(=O)NC(C)(C)C)c1cccc(O)c1. The fraction of sp³-hybridized carbons (Fsp3) is 0.640. The first kappa shape index (κ1) is 28.3. The van der Waals surface area contributed by atoms with Crippen molar-refractivity contribution < 1.29 is 24.2 Å². The van der Waals surface area contributed by atoms with Crippen LogP contribution >= 0.6 is 0 Å². The molecule has 0 radical (unpaired) electrons. The molecule has 1 rings (SSSR count). The van der Waals surface area contributed by atoms with Gasteiger partial charge >= 0.3 is 6.09 Å². The van der Waals surface area contributed by atoms with Gasteiger partial charge in [0, 0.05) is 11.6 Å². The average Bonchev–Trinajstić information content (AvgIpc) is 2.59. The molecular weight excluding hydrogens is 422 g/mol. The highest BCUT2D eigenvalue weighted by atomic mass is 16.6. The van der Waals surface area contributed by atoms with E-state index in [2.05, 4.69) is 10.6 Å². The van der Waals surface area contributed by atoms with Crippen LogP contribution in [0.1, 0.15) is 80.8 Å². The molecule has 0 aliphatic heterocycles. The molecule has 8 nitrogen and oxygen atoms in total. The van der Waals surface area contributed by atoms with Crippen LogP contribution in [0.5, 0.6) is 5.75 Å². The van der Waals surface area contributed by atoms with Gasteiger partial charge in [-0.05, 0) is 79.0 Å². The summed E-state index contributed by atoms with van der Waals surface area (Å²) in [5.74, 6) is -1.07. The maximum absolute atomic E-state index is 13.8. The number of phenolic OH excluding ortho intramolecular Hbond substituents is 1. The van der Waals surface area contributed by atoms with Gasteiger partial charge in [0.05, 0.1) is 0 Å². The number of hydrogen-bond acceptors (Lipinski definition) is 5. The second kappa shape index (κ2) is 10.9. The van der Waals surface area contributed by atoms with Gasteiger partial charge in [0.2, 0.25) is 11.8 Å². The summed E-state index contributed by atoms with van der Waals surface area (Å²) in [6.45, 7) is 18.0. The molecule has 0 heterocycles. The van der Waals surface area contributed by atoms with Crippen molar-refractivity contribution in [1.29, 1.82) is 0 Å². The van der Waals surface area contributed by atoms with E-state index in [9.17, 15) is 19.5 Å². The second-order valence-electron chi connectivity index (χ2n) is 10.9. The first-order chi connectivity index (χ1) is 14.9. The number of phenols is 1. The molecule has 8 heteroatoms. The Morgan fingerprint density at radius 2 is 1.58 bits per heavy atom. The minimum atomic E-state index is -1.01. The number of nitrogens with one attached hydrogen (secondary N) is 2. The van der Waals surface area contributed by atoms with E-state index in [0.717, 1.165) is 0 Å². The molecule has 0 saturated heterocycles. The highest BCUT2D eigenvalue weighted by Crippen LogP contribution is 2.28. The molecule has 33 heavy (non-hydrogen) atoms. The molecule has 2 unspecified atom stereocenters. The molecular formula is C25H41N3O5. The van der Waals surface area contributed by atoms with Crippen molar-refractivity contribution in [3.63, 3.8) is 0 Å². The van der Waals surface area contributed by atoms with Crippen molar-refractivity contribution in [2.24, 2.45) is 5.92 Å². The number of alkyl carbamates (subject to hydrolysis) is 1. The van der Waals surface area contributed by atoms with Gasteiger partial charge in [0.25, 0.3) is 0 Å². The predicted molar refractivity (Wildman–Crippen MR) is 129 cm³/mol. The standard InChI is InChI=1S/C25H41N3O5/c1-15(2)19(26-23(32)33-25(8,9)10)22(31)28(16(3)4)20(21(30)27-24(5,6)7)17-12-11-13-18(29)14-17/h11-16,19-20,29H,1-10H3,(H,26,32)(H,27,30). The van der Waals surface area contributed by atoms with E-state index < -0.39 is 35.2 Å². The van der Waals surface area contributed by atoms with E-state index in [4.69, 9.17) is 4.74 Å². The molecule has 186 valence electrons. The zero-order valence-electron chi connectivity index (χ0n) is 21.6. The second-order valence-corrected chi connectivity index (χ2v) is 10.9. The van der Waals surface area contributed by atoms with E-state index >= 15 is 0 Å². The minimum Gasteiger partial charge on any atom is -0.508 e. The van der Waals surface area contributed by atoms with Crippen LogP contribution < -0.4 is 10.6 Å². The van der Waals surface area contributed by atoms with E-state index in [-0.39, 0.29) is 23.6 Å². The third-order valence-electron chi connectivity index (χ3n) is 4.63. The summed E-state index contributed by atoms with van der Waals surface area (Å²) in [6.07, 6.45) is -0.702. The van der Waals surface area contributed by atoms with Crippen LogP contribution in [0.3, 0.4) is 0 Å². The summed E-state index contributed by atoms with van der Waals surface area (Å²) in [5.41, 5.74) is -0.786. The van der Waals surface area contributed by atoms with Crippen LogP contribution in [0, 0.1) is 5.92 Å². The smallest absolute Gasteiger partial charge is 0.408 e. The number of nitrogens with zero attached hydrogens (tertiary/aromatic N) is 1. The number of benzene rings is 1. The van der Waals surface area contributed by atoms with Gasteiger partial charge in [-0.2, -0.15) is 0 Å². The minimum absolute atomic E-state index is 0.00972. The quantitative estimate of drug-likeness (QED) is 0.563. The fourth-order valence-corrected chi connectivity index (χ4v) is 3.36. The lowest BCUT2D eigenvalue weighted by Crippen LogP contribution is -2.57. The van der Waals surface area contributed by atoms with Crippen molar-refractivity contribution in [2.45, 2.75) is 98.5 Å². The highest BCUT2D eigenvalue weighted by Gasteiger charge is 2.39. The van der Waals surface area contributed by atoms with E-state index in [1.807, 2.05) is 48.5 Å². The van der Waals surface area contributed by atoms with E-state index in [1.54, 1.807) is 32.9 Å². The van der Waals surface area contributed by atoms with Crippen LogP contribution in [-0.4, -0.2) is 51.1 Å². The predicted octanol–water partition coefficient (Wildman–Crippen LogP) is 4.13. The Bertz CT molecular complexity index is 837. The Balaban J connectivity index is 3.47. The molecule has 0 aliphatic rings. The van der Waals surface area contributed by atoms with Crippen molar-refractivity contribution in [3.8, 4) is 5.75 Å². The number of rotatable bonds is 7. The number of hydrogen-bond donors (Lipinski definition) is 3. The summed E-state index contributed by atoms with van der Waals surface area (Å²) >= 11 is 0. The number of aromatic hydroxyl groups is 1. The van der Waals surface area contributed by atoms with Crippen molar-refractivity contribution in [2.75, 3.05) is 0 Å². The maximum Gasteiger partial charge on any atom is 0.408 e. The summed E-state index contributed by atoms with van der Waals surface area (Å²) in [7, 11) is 0. The first-order valence-corrected chi connectivity index (χ1v) is 11.4. The van der Waals surface area contributed by atoms with Gasteiger partial charge in [-0.3, -0.25) is 9.59 Å². The van der Waals surface area contributed by atoms with Gasteiger partial charge in [-0.15, -0.1) is 0 Å². The van der Waals surface area contributed by atoms with Crippen LogP contribution in [0.15, 0.2) is 24.3 Å². The van der Waals surface area contributed by atoms with Gasteiger partial charge < -0.3 is 25.4 Å². The molecule has 0 aliphatic carbocycles. The largest absolute Gasteiger partial charge is 0.508 e. The zero-order chi connectivity index (χ0) is 25.7. The highest BCUT2D eigenvalue weighted by molar-refractivity contribution is 5.92. The van der Waals surface area contributed by atoms with Gasteiger partial charge in [-0.1, -0.05) is 26.0 Å². The van der Waals surface area contributed by atoms with Crippen LogP contribution in [0.4, 0.5) is 4.79 Å². The molecule has 2 atom stereocenters. The number of carbonyl (C=O) groups is 3. The normalized spacial score (nSPS) is 13.9. The molecule has 3 N–H and O–H groups in total. The van der Waals surface area contributed by atoms with Crippen LogP contribution in [0.2, 0.25) is 0 Å². The molecule has 0 spiro atoms. The molecule has 0 bridgehead atoms. The average molecular weight is 464 g/mol. The fourth-order valence-electron chi connectivity index (χ4n) is 3.36. The molecule has 1 aromatic carbocycles. The van der Waals surface area contributed by atoms with Crippen molar-refractivity contribution in [1.82, 2.24) is 15.5 Å². The third kappa shape index (κ3) is 8.94. The topological polar surface area (TPSA) is 108 Å². The van der Waals surface area contributed by atoms with Gasteiger partial charge in [0.1, 0.15) is 23.4 Å². The zero-order valence-corrected chi connectivity index (χ0v) is 21.6. The lowest BCUT2D eigenvalue weighted by atomic mass is 9.96. The van der Waals surface area contributed by atoms with Crippen molar-refractivity contribution in [3.05, 3.63) is 29.8 Å². The molecule has 0 fully saturated rings. The van der Waals surface area contributed by atoms with Gasteiger partial charge in [0.15, 0.2) is 0 Å². The Morgan fingerprint density at radius 3 is 2.00 bits per heavy atom. The maximum atomic E-state index is 13.8. The Morgan fingerprint density at radius 1 is 1.00 bits per heavy atom. The monoisotopic (exact) mass is 463 g/mol. The molecule has 3 amide bonds.